The van der Waals surface area contributed by atoms with E-state index in [4.69, 9.17) is 5.11 Å². The van der Waals surface area contributed by atoms with Crippen molar-refractivity contribution in [1.82, 2.24) is 0 Å². The van der Waals surface area contributed by atoms with Crippen molar-refractivity contribution >= 4 is 5.78 Å². The highest BCUT2D eigenvalue weighted by Gasteiger charge is 2.24. The van der Waals surface area contributed by atoms with Gasteiger partial charge in [0.15, 0.2) is 0 Å². The lowest BCUT2D eigenvalue weighted by atomic mass is 9.80. The fraction of sp³-hybridized carbons (Fsp3) is 0.875. The van der Waals surface area contributed by atoms with Gasteiger partial charge in [-0.2, -0.15) is 0 Å². The minimum Gasteiger partial charge on any atom is -0.396 e. The monoisotopic (exact) mass is 142 g/mol. The molecule has 0 spiro atoms. The third kappa shape index (κ3) is 1.57. The summed E-state index contributed by atoms with van der Waals surface area (Å²) in [6.45, 7) is 2.28. The summed E-state index contributed by atoms with van der Waals surface area (Å²) in [5.41, 5.74) is 0. The molecule has 0 amide bonds. The van der Waals surface area contributed by atoms with E-state index in [2.05, 4.69) is 6.92 Å². The van der Waals surface area contributed by atoms with Gasteiger partial charge in [-0.1, -0.05) is 6.92 Å². The first-order chi connectivity index (χ1) is 4.74. The quantitative estimate of drug-likeness (QED) is 0.592. The number of rotatable bonds is 1. The molecule has 10 heavy (non-hydrogen) atoms. The van der Waals surface area contributed by atoms with Crippen LogP contribution in [0.3, 0.4) is 0 Å². The van der Waals surface area contributed by atoms with Gasteiger partial charge in [0.25, 0.3) is 0 Å². The molecule has 58 valence electrons. The van der Waals surface area contributed by atoms with Gasteiger partial charge in [0.2, 0.25) is 0 Å². The Morgan fingerprint density at radius 3 is 2.90 bits per heavy atom. The number of aliphatic hydroxyl groups excluding tert-OH is 1. The Labute approximate surface area is 61.2 Å². The van der Waals surface area contributed by atoms with Crippen LogP contribution in [0.1, 0.15) is 26.2 Å². The van der Waals surface area contributed by atoms with E-state index in [9.17, 15) is 4.79 Å². The van der Waals surface area contributed by atoms with Crippen LogP contribution in [0.4, 0.5) is 0 Å². The van der Waals surface area contributed by atoms with Crippen LogP contribution in [0.5, 0.6) is 0 Å². The van der Waals surface area contributed by atoms with Crippen LogP contribution in [0, 0.1) is 11.8 Å². The Morgan fingerprint density at radius 1 is 1.70 bits per heavy atom. The highest BCUT2D eigenvalue weighted by atomic mass is 16.3. The molecule has 1 aliphatic rings. The molecule has 0 radical (unpaired) electrons. The maximum absolute atomic E-state index is 10.9. The summed E-state index contributed by atoms with van der Waals surface area (Å²) in [5.74, 6) is 1.08. The minimum absolute atomic E-state index is 0.174. The van der Waals surface area contributed by atoms with Gasteiger partial charge in [0, 0.05) is 19.4 Å². The predicted molar refractivity (Wildman–Crippen MR) is 38.6 cm³/mol. The molecule has 2 nitrogen and oxygen atoms in total. The summed E-state index contributed by atoms with van der Waals surface area (Å²) in [6, 6.07) is 0. The van der Waals surface area contributed by atoms with E-state index < -0.39 is 0 Å². The molecule has 0 saturated heterocycles. The minimum atomic E-state index is 0.174. The second-order valence-corrected chi connectivity index (χ2v) is 3.20. The van der Waals surface area contributed by atoms with Gasteiger partial charge in [0.05, 0.1) is 0 Å². The van der Waals surface area contributed by atoms with E-state index in [0.717, 1.165) is 12.8 Å². The molecule has 2 atom stereocenters. The van der Waals surface area contributed by atoms with Gasteiger partial charge < -0.3 is 5.11 Å². The SMILES string of the molecule is CC1CCC(=O)CC1CO. The van der Waals surface area contributed by atoms with Gasteiger partial charge in [-0.05, 0) is 18.3 Å². The van der Waals surface area contributed by atoms with Gasteiger partial charge in [0.1, 0.15) is 5.78 Å². The summed E-state index contributed by atoms with van der Waals surface area (Å²) in [7, 11) is 0. The van der Waals surface area contributed by atoms with Crippen LogP contribution in [0.2, 0.25) is 0 Å². The lowest BCUT2D eigenvalue weighted by molar-refractivity contribution is -0.123. The van der Waals surface area contributed by atoms with Crippen molar-refractivity contribution in [2.45, 2.75) is 26.2 Å². The van der Waals surface area contributed by atoms with Gasteiger partial charge in [-0.15, -0.1) is 0 Å². The van der Waals surface area contributed by atoms with Crippen LogP contribution < -0.4 is 0 Å². The molecule has 2 heteroatoms. The lowest BCUT2D eigenvalue weighted by Crippen LogP contribution is -2.25. The van der Waals surface area contributed by atoms with Crippen molar-refractivity contribution in [2.75, 3.05) is 6.61 Å². The molecule has 1 saturated carbocycles. The zero-order valence-electron chi connectivity index (χ0n) is 6.34. The molecule has 1 fully saturated rings. The number of ketones is 1. The first kappa shape index (κ1) is 7.73. The lowest BCUT2D eigenvalue weighted by Gasteiger charge is -2.25. The Balaban J connectivity index is 2.45. The van der Waals surface area contributed by atoms with Crippen molar-refractivity contribution in [1.29, 1.82) is 0 Å². The molecule has 0 aromatic heterocycles. The number of hydrogen-bond acceptors (Lipinski definition) is 2. The first-order valence-electron chi connectivity index (χ1n) is 3.86. The van der Waals surface area contributed by atoms with Crippen LogP contribution in [-0.4, -0.2) is 17.5 Å². The molecule has 0 aromatic carbocycles. The van der Waals surface area contributed by atoms with Crippen LogP contribution >= 0.6 is 0 Å². The maximum Gasteiger partial charge on any atom is 0.133 e. The number of carbonyl (C=O) groups excluding carboxylic acids is 1. The zero-order chi connectivity index (χ0) is 7.56. The molecule has 0 aliphatic heterocycles. The zero-order valence-corrected chi connectivity index (χ0v) is 6.34. The third-order valence-electron chi connectivity index (χ3n) is 2.41. The molecule has 1 aliphatic carbocycles. The smallest absolute Gasteiger partial charge is 0.133 e. The normalized spacial score (nSPS) is 34.4. The standard InChI is InChI=1S/C8H14O2/c1-6-2-3-8(10)4-7(6)5-9/h6-7,9H,2-5H2,1H3. The first-order valence-corrected chi connectivity index (χ1v) is 3.86. The highest BCUT2D eigenvalue weighted by molar-refractivity contribution is 5.79. The molecule has 1 N–H and O–H groups in total. The Hall–Kier alpha value is -0.370. The Morgan fingerprint density at radius 2 is 2.40 bits per heavy atom. The number of Topliss-reactive ketones (excluding diaryl/α,β-unsaturated/α-hetero) is 1. The van der Waals surface area contributed by atoms with Gasteiger partial charge in [-0.3, -0.25) is 4.79 Å². The Kier molecular flexibility index (Phi) is 2.44. The fourth-order valence-corrected chi connectivity index (χ4v) is 1.46. The van der Waals surface area contributed by atoms with Crippen molar-refractivity contribution in [2.24, 2.45) is 11.8 Å². The van der Waals surface area contributed by atoms with E-state index in [1.807, 2.05) is 0 Å². The van der Waals surface area contributed by atoms with Crippen molar-refractivity contribution in [3.8, 4) is 0 Å². The summed E-state index contributed by atoms with van der Waals surface area (Å²) in [5, 5.41) is 8.83. The molecule has 2 unspecified atom stereocenters. The molecule has 0 bridgehead atoms. The topological polar surface area (TPSA) is 37.3 Å². The van der Waals surface area contributed by atoms with E-state index >= 15 is 0 Å². The molecule has 0 aromatic rings. The third-order valence-corrected chi connectivity index (χ3v) is 2.41. The van der Waals surface area contributed by atoms with E-state index in [0.29, 0.717) is 18.1 Å². The van der Waals surface area contributed by atoms with E-state index in [1.165, 1.54) is 0 Å². The average molecular weight is 142 g/mol. The summed E-state index contributed by atoms with van der Waals surface area (Å²) in [4.78, 5) is 10.9. The molecule has 1 rings (SSSR count). The number of hydrogen-bond donors (Lipinski definition) is 1. The highest BCUT2D eigenvalue weighted by Crippen LogP contribution is 2.26. The summed E-state index contributed by atoms with van der Waals surface area (Å²) >= 11 is 0. The van der Waals surface area contributed by atoms with Gasteiger partial charge >= 0.3 is 0 Å². The van der Waals surface area contributed by atoms with E-state index in [1.54, 1.807) is 0 Å². The summed E-state index contributed by atoms with van der Waals surface area (Å²) < 4.78 is 0. The summed E-state index contributed by atoms with van der Waals surface area (Å²) in [6.07, 6.45) is 2.28. The second kappa shape index (κ2) is 3.15. The van der Waals surface area contributed by atoms with Gasteiger partial charge in [-0.25, -0.2) is 0 Å². The average Bonchev–Trinajstić information content (AvgIpc) is 1.94. The van der Waals surface area contributed by atoms with Crippen molar-refractivity contribution in [3.05, 3.63) is 0 Å². The van der Waals surface area contributed by atoms with Crippen LogP contribution in [-0.2, 0) is 4.79 Å². The van der Waals surface area contributed by atoms with Crippen LogP contribution in [0.25, 0.3) is 0 Å². The Bertz CT molecular complexity index is 131. The fourth-order valence-electron chi connectivity index (χ4n) is 1.46. The van der Waals surface area contributed by atoms with Crippen LogP contribution in [0.15, 0.2) is 0 Å². The van der Waals surface area contributed by atoms with Crippen molar-refractivity contribution in [3.63, 3.8) is 0 Å². The van der Waals surface area contributed by atoms with E-state index in [-0.39, 0.29) is 12.5 Å². The van der Waals surface area contributed by atoms with Crippen molar-refractivity contribution < 1.29 is 9.90 Å². The second-order valence-electron chi connectivity index (χ2n) is 3.20. The number of aliphatic hydroxyl groups is 1. The largest absolute Gasteiger partial charge is 0.396 e. The molecular weight excluding hydrogens is 128 g/mol. The molecular formula is C8H14O2. The molecule has 0 heterocycles. The maximum atomic E-state index is 10.9. The number of carbonyl (C=O) groups is 1. The predicted octanol–water partition coefficient (Wildman–Crippen LogP) is 0.984.